The Morgan fingerprint density at radius 1 is 1.30 bits per heavy atom. The molecule has 106 valence electrons. The molecule has 0 saturated carbocycles. The molecular weight excluding hydrogens is 254 g/mol. The number of carbonyl (C=O) groups is 2. The van der Waals surface area contributed by atoms with Gasteiger partial charge >= 0.3 is 5.97 Å². The maximum atomic E-state index is 11.3. The Bertz CT molecular complexity index is 718. The van der Waals surface area contributed by atoms with Crippen LogP contribution in [0.25, 0.3) is 10.9 Å². The Morgan fingerprint density at radius 3 is 2.35 bits per heavy atom. The predicted octanol–water partition coefficient (Wildman–Crippen LogP) is 3.29. The van der Waals surface area contributed by atoms with Crippen LogP contribution < -0.4 is 0 Å². The normalized spacial score (nSPS) is 11.8. The molecule has 0 radical (unpaired) electrons. The molecule has 0 saturated heterocycles. The Kier molecular flexibility index (Phi) is 3.20. The van der Waals surface area contributed by atoms with Crippen molar-refractivity contribution in [3.8, 4) is 0 Å². The van der Waals surface area contributed by atoms with Crippen molar-refractivity contribution in [3.05, 3.63) is 34.5 Å². The lowest BCUT2D eigenvalue weighted by atomic mass is 9.84. The maximum Gasteiger partial charge on any atom is 0.335 e. The Labute approximate surface area is 118 Å². The Hall–Kier alpha value is -2.10. The van der Waals surface area contributed by atoms with Crippen LogP contribution in [0, 0.1) is 6.92 Å². The molecule has 0 bridgehead atoms. The van der Waals surface area contributed by atoms with Crippen molar-refractivity contribution >= 4 is 23.2 Å². The van der Waals surface area contributed by atoms with Gasteiger partial charge in [-0.1, -0.05) is 20.8 Å². The molecule has 4 nitrogen and oxygen atoms in total. The SMILES string of the molecule is Cc1c(C=O)c2cc(C(=O)O)cc(C(C)(C)C)c2n1C. The van der Waals surface area contributed by atoms with Gasteiger partial charge in [-0.05, 0) is 30.0 Å². The number of benzene rings is 1. The summed E-state index contributed by atoms with van der Waals surface area (Å²) < 4.78 is 1.96. The van der Waals surface area contributed by atoms with Gasteiger partial charge in [-0.15, -0.1) is 0 Å². The minimum absolute atomic E-state index is 0.206. The summed E-state index contributed by atoms with van der Waals surface area (Å²) in [6.45, 7) is 7.99. The lowest BCUT2D eigenvalue weighted by Crippen LogP contribution is -2.14. The Morgan fingerprint density at radius 2 is 1.90 bits per heavy atom. The molecule has 2 aromatic rings. The first kappa shape index (κ1) is 14.3. The van der Waals surface area contributed by atoms with E-state index in [1.54, 1.807) is 12.1 Å². The van der Waals surface area contributed by atoms with Crippen molar-refractivity contribution in [3.63, 3.8) is 0 Å². The molecule has 1 aromatic heterocycles. The molecule has 2 rings (SSSR count). The van der Waals surface area contributed by atoms with Crippen LogP contribution in [0.15, 0.2) is 12.1 Å². The number of hydrogen-bond donors (Lipinski definition) is 1. The number of aryl methyl sites for hydroxylation is 1. The summed E-state index contributed by atoms with van der Waals surface area (Å²) in [6, 6.07) is 3.29. The van der Waals surface area contributed by atoms with Crippen molar-refractivity contribution in [1.82, 2.24) is 4.57 Å². The first-order valence-corrected chi connectivity index (χ1v) is 6.50. The number of aromatic carboxylic acids is 1. The van der Waals surface area contributed by atoms with Crippen LogP contribution in [-0.2, 0) is 12.5 Å². The van der Waals surface area contributed by atoms with E-state index in [9.17, 15) is 14.7 Å². The molecule has 0 atom stereocenters. The van der Waals surface area contributed by atoms with Crippen LogP contribution in [0.4, 0.5) is 0 Å². The smallest absolute Gasteiger partial charge is 0.335 e. The monoisotopic (exact) mass is 273 g/mol. The summed E-state index contributed by atoms with van der Waals surface area (Å²) in [6.07, 6.45) is 0.801. The van der Waals surface area contributed by atoms with Gasteiger partial charge in [-0.2, -0.15) is 0 Å². The zero-order valence-electron chi connectivity index (χ0n) is 12.4. The number of rotatable bonds is 2. The van der Waals surface area contributed by atoms with Crippen LogP contribution in [0.3, 0.4) is 0 Å². The van der Waals surface area contributed by atoms with E-state index in [1.807, 2.05) is 39.3 Å². The van der Waals surface area contributed by atoms with E-state index in [0.29, 0.717) is 10.9 Å². The molecule has 0 amide bonds. The number of aldehydes is 1. The highest BCUT2D eigenvalue weighted by Crippen LogP contribution is 2.34. The van der Waals surface area contributed by atoms with Crippen LogP contribution in [0.2, 0.25) is 0 Å². The van der Waals surface area contributed by atoms with Crippen molar-refractivity contribution in [2.45, 2.75) is 33.1 Å². The van der Waals surface area contributed by atoms with E-state index < -0.39 is 5.97 Å². The predicted molar refractivity (Wildman–Crippen MR) is 78.7 cm³/mol. The number of carboxylic acids is 1. The fourth-order valence-electron chi connectivity index (χ4n) is 2.59. The van der Waals surface area contributed by atoms with Crippen molar-refractivity contribution in [1.29, 1.82) is 0 Å². The zero-order valence-corrected chi connectivity index (χ0v) is 12.4. The minimum Gasteiger partial charge on any atom is -0.478 e. The van der Waals surface area contributed by atoms with Crippen LogP contribution in [-0.4, -0.2) is 21.9 Å². The van der Waals surface area contributed by atoms with Crippen LogP contribution in [0.5, 0.6) is 0 Å². The van der Waals surface area contributed by atoms with Crippen LogP contribution >= 0.6 is 0 Å². The van der Waals surface area contributed by atoms with Gasteiger partial charge in [0.15, 0.2) is 6.29 Å². The lowest BCUT2D eigenvalue weighted by Gasteiger charge is -2.22. The highest BCUT2D eigenvalue weighted by molar-refractivity contribution is 6.04. The summed E-state index contributed by atoms with van der Waals surface area (Å²) in [7, 11) is 1.90. The molecule has 1 aromatic carbocycles. The molecule has 1 heterocycles. The molecular formula is C16H19NO3. The number of carboxylic acid groups (broad SMARTS) is 1. The van der Waals surface area contributed by atoms with Crippen LogP contribution in [0.1, 0.15) is 52.7 Å². The first-order valence-electron chi connectivity index (χ1n) is 6.50. The van der Waals surface area contributed by atoms with Crippen molar-refractivity contribution in [2.24, 2.45) is 7.05 Å². The average Bonchev–Trinajstić information content (AvgIpc) is 2.59. The van der Waals surface area contributed by atoms with E-state index >= 15 is 0 Å². The molecule has 0 unspecified atom stereocenters. The minimum atomic E-state index is -0.976. The van der Waals surface area contributed by atoms with Crippen molar-refractivity contribution in [2.75, 3.05) is 0 Å². The topological polar surface area (TPSA) is 59.3 Å². The van der Waals surface area contributed by atoms with Gasteiger partial charge in [0.1, 0.15) is 0 Å². The van der Waals surface area contributed by atoms with E-state index in [-0.39, 0.29) is 11.0 Å². The molecule has 0 fully saturated rings. The number of fused-ring (bicyclic) bond motifs is 1. The van der Waals surface area contributed by atoms with Gasteiger partial charge in [0.2, 0.25) is 0 Å². The molecule has 0 aliphatic carbocycles. The molecule has 4 heteroatoms. The fraction of sp³-hybridized carbons (Fsp3) is 0.375. The molecule has 1 N–H and O–H groups in total. The molecule has 0 aliphatic rings. The van der Waals surface area contributed by atoms with Gasteiger partial charge < -0.3 is 9.67 Å². The van der Waals surface area contributed by atoms with E-state index in [0.717, 1.165) is 23.1 Å². The standard InChI is InChI=1S/C16H19NO3/c1-9-12(8-18)11-6-10(15(19)20)7-13(16(2,3)4)14(11)17(9)5/h6-8H,1-5H3,(H,19,20). The highest BCUT2D eigenvalue weighted by atomic mass is 16.4. The fourth-order valence-corrected chi connectivity index (χ4v) is 2.59. The first-order chi connectivity index (χ1) is 9.18. The number of carbonyl (C=O) groups excluding carboxylic acids is 1. The summed E-state index contributed by atoms with van der Waals surface area (Å²) in [5, 5.41) is 9.99. The Balaban J connectivity index is 3.04. The summed E-state index contributed by atoms with van der Waals surface area (Å²) in [4.78, 5) is 22.7. The van der Waals surface area contributed by atoms with E-state index in [2.05, 4.69) is 0 Å². The second kappa shape index (κ2) is 4.47. The summed E-state index contributed by atoms with van der Waals surface area (Å²) in [5.74, 6) is -0.976. The maximum absolute atomic E-state index is 11.3. The number of nitrogens with zero attached hydrogens (tertiary/aromatic N) is 1. The largest absolute Gasteiger partial charge is 0.478 e. The van der Waals surface area contributed by atoms with E-state index in [4.69, 9.17) is 0 Å². The lowest BCUT2D eigenvalue weighted by molar-refractivity contribution is 0.0696. The second-order valence-corrected chi connectivity index (χ2v) is 6.15. The van der Waals surface area contributed by atoms with Gasteiger partial charge in [0.05, 0.1) is 11.1 Å². The molecule has 20 heavy (non-hydrogen) atoms. The molecule has 0 aliphatic heterocycles. The third-order valence-electron chi connectivity index (χ3n) is 3.80. The molecule has 0 spiro atoms. The average molecular weight is 273 g/mol. The van der Waals surface area contributed by atoms with E-state index in [1.165, 1.54) is 0 Å². The van der Waals surface area contributed by atoms with Gasteiger partial charge in [0.25, 0.3) is 0 Å². The van der Waals surface area contributed by atoms with Crippen molar-refractivity contribution < 1.29 is 14.7 Å². The highest BCUT2D eigenvalue weighted by Gasteiger charge is 2.24. The van der Waals surface area contributed by atoms with Gasteiger partial charge in [0, 0.05) is 23.7 Å². The van der Waals surface area contributed by atoms with Gasteiger partial charge in [-0.3, -0.25) is 4.79 Å². The summed E-state index contributed by atoms with van der Waals surface area (Å²) in [5.41, 5.74) is 3.30. The zero-order chi connectivity index (χ0) is 15.2. The second-order valence-electron chi connectivity index (χ2n) is 6.15. The third kappa shape index (κ3) is 2.01. The number of hydrogen-bond acceptors (Lipinski definition) is 2. The third-order valence-corrected chi connectivity index (χ3v) is 3.80. The number of aromatic nitrogens is 1. The van der Waals surface area contributed by atoms with Gasteiger partial charge in [-0.25, -0.2) is 4.79 Å². The summed E-state index contributed by atoms with van der Waals surface area (Å²) >= 11 is 0. The quantitative estimate of drug-likeness (QED) is 0.854.